The van der Waals surface area contributed by atoms with Gasteiger partial charge in [0.25, 0.3) is 0 Å². The van der Waals surface area contributed by atoms with Crippen molar-refractivity contribution in [3.63, 3.8) is 0 Å². The molecule has 0 atom stereocenters. The predicted octanol–water partition coefficient (Wildman–Crippen LogP) is 2.68. The molecule has 0 aliphatic rings. The topological polar surface area (TPSA) is 76.1 Å². The Kier molecular flexibility index (Phi) is 4.19. The largest absolute Gasteiger partial charge is 0.487 e. The average molecular weight is 284 g/mol. The molecule has 2 N–H and O–H groups in total. The van der Waals surface area contributed by atoms with Gasteiger partial charge >= 0.3 is 0 Å². The molecular formula is C16H13FN2O2. The van der Waals surface area contributed by atoms with Gasteiger partial charge in [0.2, 0.25) is 5.91 Å². The minimum Gasteiger partial charge on any atom is -0.487 e. The first-order chi connectivity index (χ1) is 10.0. The summed E-state index contributed by atoms with van der Waals surface area (Å²) in [6, 6.07) is 11.0. The number of rotatable bonds is 4. The number of amides is 1. The minimum atomic E-state index is -0.615. The van der Waals surface area contributed by atoms with Crippen LogP contribution in [-0.2, 0) is 6.61 Å². The molecule has 0 spiro atoms. The van der Waals surface area contributed by atoms with Crippen LogP contribution in [0.25, 0.3) is 0 Å². The highest BCUT2D eigenvalue weighted by Gasteiger charge is 2.10. The summed E-state index contributed by atoms with van der Waals surface area (Å²) in [5.74, 6) is -0.922. The molecule has 21 heavy (non-hydrogen) atoms. The molecule has 4 nitrogen and oxygen atoms in total. The number of benzene rings is 2. The molecule has 0 saturated heterocycles. The Morgan fingerprint density at radius 2 is 2.14 bits per heavy atom. The van der Waals surface area contributed by atoms with Gasteiger partial charge in [-0.25, -0.2) is 4.39 Å². The second-order valence-corrected chi connectivity index (χ2v) is 4.52. The van der Waals surface area contributed by atoms with Crippen LogP contribution in [0.15, 0.2) is 36.4 Å². The lowest BCUT2D eigenvalue weighted by molar-refractivity contribution is 0.1000. The summed E-state index contributed by atoms with van der Waals surface area (Å²) in [4.78, 5) is 11.1. The van der Waals surface area contributed by atoms with Crippen molar-refractivity contribution in [2.24, 2.45) is 5.73 Å². The monoisotopic (exact) mass is 284 g/mol. The average Bonchev–Trinajstić information content (AvgIpc) is 2.45. The first kappa shape index (κ1) is 14.5. The van der Waals surface area contributed by atoms with Gasteiger partial charge in [0, 0.05) is 5.56 Å². The van der Waals surface area contributed by atoms with Gasteiger partial charge in [-0.1, -0.05) is 12.1 Å². The van der Waals surface area contributed by atoms with Crippen LogP contribution >= 0.6 is 0 Å². The number of carbonyl (C=O) groups is 1. The van der Waals surface area contributed by atoms with Crippen LogP contribution in [0.2, 0.25) is 0 Å². The standard InChI is InChI=1S/C16H13FN2O2/c1-10-7-11(16(19)20)5-6-12(10)9-21-15-4-2-3-14(17)13(15)8-18/h2-7H,9H2,1H3,(H2,19,20). The van der Waals surface area contributed by atoms with Gasteiger partial charge in [-0.2, -0.15) is 5.26 Å². The van der Waals surface area contributed by atoms with Gasteiger partial charge in [0.15, 0.2) is 0 Å². The maximum atomic E-state index is 13.4. The normalized spacial score (nSPS) is 9.95. The highest BCUT2D eigenvalue weighted by Crippen LogP contribution is 2.22. The Morgan fingerprint density at radius 1 is 1.38 bits per heavy atom. The molecule has 0 heterocycles. The van der Waals surface area contributed by atoms with Crippen molar-refractivity contribution in [3.8, 4) is 11.8 Å². The molecule has 1 amide bonds. The zero-order valence-corrected chi connectivity index (χ0v) is 11.4. The number of primary amides is 1. The number of ether oxygens (including phenoxy) is 1. The molecule has 2 rings (SSSR count). The molecule has 0 aliphatic heterocycles. The van der Waals surface area contributed by atoms with Crippen LogP contribution in [0.1, 0.15) is 27.0 Å². The van der Waals surface area contributed by atoms with Crippen molar-refractivity contribution < 1.29 is 13.9 Å². The number of aryl methyl sites for hydroxylation is 1. The van der Waals surface area contributed by atoms with Crippen molar-refractivity contribution in [1.29, 1.82) is 5.26 Å². The first-order valence-corrected chi connectivity index (χ1v) is 6.23. The second-order valence-electron chi connectivity index (χ2n) is 4.52. The van der Waals surface area contributed by atoms with Crippen molar-refractivity contribution in [2.75, 3.05) is 0 Å². The molecule has 0 saturated carbocycles. The molecule has 0 aliphatic carbocycles. The lowest BCUT2D eigenvalue weighted by atomic mass is 10.1. The summed E-state index contributed by atoms with van der Waals surface area (Å²) in [5, 5.41) is 8.93. The lowest BCUT2D eigenvalue weighted by Gasteiger charge is -2.11. The van der Waals surface area contributed by atoms with E-state index in [1.54, 1.807) is 24.3 Å². The maximum Gasteiger partial charge on any atom is 0.248 e. The summed E-state index contributed by atoms with van der Waals surface area (Å²) >= 11 is 0. The van der Waals surface area contributed by atoms with Gasteiger partial charge < -0.3 is 10.5 Å². The van der Waals surface area contributed by atoms with E-state index in [-0.39, 0.29) is 17.9 Å². The van der Waals surface area contributed by atoms with Crippen LogP contribution in [0.4, 0.5) is 4.39 Å². The van der Waals surface area contributed by atoms with Crippen LogP contribution in [0.3, 0.4) is 0 Å². The van der Waals surface area contributed by atoms with E-state index in [0.29, 0.717) is 5.56 Å². The fourth-order valence-corrected chi connectivity index (χ4v) is 1.90. The number of carbonyl (C=O) groups excluding carboxylic acids is 1. The maximum absolute atomic E-state index is 13.4. The SMILES string of the molecule is Cc1cc(C(N)=O)ccc1COc1cccc(F)c1C#N. The van der Waals surface area contributed by atoms with Crippen LogP contribution in [0, 0.1) is 24.1 Å². The summed E-state index contributed by atoms with van der Waals surface area (Å²) in [5.41, 5.74) is 7.16. The van der Waals surface area contributed by atoms with Gasteiger partial charge in [0.05, 0.1) is 0 Å². The van der Waals surface area contributed by atoms with Crippen LogP contribution in [-0.4, -0.2) is 5.91 Å². The van der Waals surface area contributed by atoms with Crippen LogP contribution in [0.5, 0.6) is 5.75 Å². The van der Waals surface area contributed by atoms with Crippen molar-refractivity contribution in [2.45, 2.75) is 13.5 Å². The minimum absolute atomic E-state index is 0.121. The summed E-state index contributed by atoms with van der Waals surface area (Å²) in [7, 11) is 0. The molecule has 0 fully saturated rings. The highest BCUT2D eigenvalue weighted by atomic mass is 19.1. The van der Waals surface area contributed by atoms with E-state index < -0.39 is 11.7 Å². The van der Waals surface area contributed by atoms with E-state index in [0.717, 1.165) is 11.1 Å². The van der Waals surface area contributed by atoms with E-state index >= 15 is 0 Å². The zero-order chi connectivity index (χ0) is 15.4. The Balaban J connectivity index is 2.20. The van der Waals surface area contributed by atoms with Crippen molar-refractivity contribution in [1.82, 2.24) is 0 Å². The van der Waals surface area contributed by atoms with Crippen LogP contribution < -0.4 is 10.5 Å². The number of nitrogens with two attached hydrogens (primary N) is 1. The Morgan fingerprint density at radius 3 is 2.76 bits per heavy atom. The molecule has 0 unspecified atom stereocenters. The Labute approximate surface area is 121 Å². The first-order valence-electron chi connectivity index (χ1n) is 6.23. The molecule has 0 radical (unpaired) electrons. The third-order valence-corrected chi connectivity index (χ3v) is 3.10. The summed E-state index contributed by atoms with van der Waals surface area (Å²) < 4.78 is 18.9. The highest BCUT2D eigenvalue weighted by molar-refractivity contribution is 5.93. The van der Waals surface area contributed by atoms with Crippen molar-refractivity contribution >= 4 is 5.91 Å². The number of nitriles is 1. The smallest absolute Gasteiger partial charge is 0.248 e. The molecule has 5 heteroatoms. The fraction of sp³-hybridized carbons (Fsp3) is 0.125. The quantitative estimate of drug-likeness (QED) is 0.937. The van der Waals surface area contributed by atoms with Gasteiger partial charge in [0.1, 0.15) is 29.8 Å². The number of halogens is 1. The number of hydrogen-bond acceptors (Lipinski definition) is 3. The van der Waals surface area contributed by atoms with Gasteiger partial charge in [-0.05, 0) is 42.3 Å². The fourth-order valence-electron chi connectivity index (χ4n) is 1.90. The molecule has 106 valence electrons. The lowest BCUT2D eigenvalue weighted by Crippen LogP contribution is -2.11. The Hall–Kier alpha value is -2.87. The third kappa shape index (κ3) is 3.18. The molecule has 2 aromatic carbocycles. The third-order valence-electron chi connectivity index (χ3n) is 3.10. The number of hydrogen-bond donors (Lipinski definition) is 1. The summed E-state index contributed by atoms with van der Waals surface area (Å²) in [6.07, 6.45) is 0. The summed E-state index contributed by atoms with van der Waals surface area (Å²) in [6.45, 7) is 1.99. The van der Waals surface area contributed by atoms with E-state index in [9.17, 15) is 9.18 Å². The van der Waals surface area contributed by atoms with E-state index in [1.165, 1.54) is 18.2 Å². The molecule has 2 aromatic rings. The van der Waals surface area contributed by atoms with Crippen molar-refractivity contribution in [3.05, 3.63) is 64.5 Å². The number of nitrogens with zero attached hydrogens (tertiary/aromatic N) is 1. The molecular weight excluding hydrogens is 271 g/mol. The molecule has 0 aromatic heterocycles. The predicted molar refractivity (Wildman–Crippen MR) is 75.1 cm³/mol. The second kappa shape index (κ2) is 6.06. The Bertz CT molecular complexity index is 736. The van der Waals surface area contributed by atoms with Gasteiger partial charge in [-0.15, -0.1) is 0 Å². The van der Waals surface area contributed by atoms with Gasteiger partial charge in [-0.3, -0.25) is 4.79 Å². The van der Waals surface area contributed by atoms with E-state index in [4.69, 9.17) is 15.7 Å². The zero-order valence-electron chi connectivity index (χ0n) is 11.4. The molecule has 0 bridgehead atoms. The van der Waals surface area contributed by atoms with E-state index in [1.807, 2.05) is 6.92 Å². The van der Waals surface area contributed by atoms with E-state index in [2.05, 4.69) is 0 Å².